The molecule has 0 amide bonds. The van der Waals surface area contributed by atoms with E-state index in [-0.39, 0.29) is 0 Å². The third-order valence-corrected chi connectivity index (χ3v) is 4.87. The van der Waals surface area contributed by atoms with E-state index in [1.807, 2.05) is 0 Å². The fourth-order valence-corrected chi connectivity index (χ4v) is 3.20. The topological polar surface area (TPSA) is 58.0 Å². The van der Waals surface area contributed by atoms with Crippen LogP contribution in [-0.2, 0) is 6.54 Å². The SMILES string of the molecule is COc1cc(CN2CCN(CCC#N)CC2)cc(OC)c1OCCC(C)C. The summed E-state index contributed by atoms with van der Waals surface area (Å²) in [6, 6.07) is 6.32. The van der Waals surface area contributed by atoms with E-state index in [0.717, 1.165) is 62.8 Å². The van der Waals surface area contributed by atoms with E-state index in [4.69, 9.17) is 19.5 Å². The van der Waals surface area contributed by atoms with Crippen molar-refractivity contribution in [2.75, 3.05) is 53.6 Å². The van der Waals surface area contributed by atoms with Crippen LogP contribution in [0.3, 0.4) is 0 Å². The van der Waals surface area contributed by atoms with Gasteiger partial charge >= 0.3 is 0 Å². The molecule has 0 saturated carbocycles. The Kier molecular flexibility index (Phi) is 8.70. The third-order valence-electron chi connectivity index (χ3n) is 4.87. The summed E-state index contributed by atoms with van der Waals surface area (Å²) in [5.41, 5.74) is 1.16. The maximum atomic E-state index is 8.72. The predicted octanol–water partition coefficient (Wildman–Crippen LogP) is 3.16. The smallest absolute Gasteiger partial charge is 0.203 e. The molecule has 150 valence electrons. The van der Waals surface area contributed by atoms with Crippen molar-refractivity contribution in [3.8, 4) is 23.3 Å². The lowest BCUT2D eigenvalue weighted by molar-refractivity contribution is 0.129. The van der Waals surface area contributed by atoms with Crippen molar-refractivity contribution in [2.45, 2.75) is 33.2 Å². The standard InChI is InChI=1S/C21H33N3O3/c1-17(2)6-13-27-21-19(25-3)14-18(15-20(21)26-4)16-24-11-9-23(10-12-24)8-5-7-22/h14-15,17H,5-6,8-13,16H2,1-4H3. The number of piperazine rings is 1. The first-order valence-electron chi connectivity index (χ1n) is 9.76. The van der Waals surface area contributed by atoms with Gasteiger partial charge in [-0.3, -0.25) is 9.80 Å². The zero-order valence-corrected chi connectivity index (χ0v) is 17.2. The van der Waals surface area contributed by atoms with Crippen LogP contribution in [0.4, 0.5) is 0 Å². The zero-order valence-electron chi connectivity index (χ0n) is 17.2. The summed E-state index contributed by atoms with van der Waals surface area (Å²) in [4.78, 5) is 4.78. The van der Waals surface area contributed by atoms with Gasteiger partial charge in [0.05, 0.1) is 26.9 Å². The largest absolute Gasteiger partial charge is 0.493 e. The molecular weight excluding hydrogens is 342 g/mol. The van der Waals surface area contributed by atoms with E-state index in [1.54, 1.807) is 14.2 Å². The van der Waals surface area contributed by atoms with Crippen LogP contribution < -0.4 is 14.2 Å². The lowest BCUT2D eigenvalue weighted by Gasteiger charge is -2.34. The van der Waals surface area contributed by atoms with Crippen LogP contribution >= 0.6 is 0 Å². The molecule has 1 aliphatic heterocycles. The molecule has 1 fully saturated rings. The van der Waals surface area contributed by atoms with Gasteiger partial charge in [0.25, 0.3) is 0 Å². The molecule has 0 bridgehead atoms. The molecule has 27 heavy (non-hydrogen) atoms. The van der Waals surface area contributed by atoms with Gasteiger partial charge in [0.2, 0.25) is 5.75 Å². The van der Waals surface area contributed by atoms with Gasteiger partial charge in [0.1, 0.15) is 0 Å². The minimum Gasteiger partial charge on any atom is -0.493 e. The predicted molar refractivity (Wildman–Crippen MR) is 106 cm³/mol. The van der Waals surface area contributed by atoms with Crippen LogP contribution in [-0.4, -0.2) is 63.4 Å². The van der Waals surface area contributed by atoms with Crippen molar-refractivity contribution in [3.63, 3.8) is 0 Å². The van der Waals surface area contributed by atoms with Crippen molar-refractivity contribution < 1.29 is 14.2 Å². The average Bonchev–Trinajstić information content (AvgIpc) is 2.67. The van der Waals surface area contributed by atoms with Crippen molar-refractivity contribution in [1.29, 1.82) is 5.26 Å². The van der Waals surface area contributed by atoms with Crippen LogP contribution in [0.25, 0.3) is 0 Å². The van der Waals surface area contributed by atoms with Crippen molar-refractivity contribution in [2.24, 2.45) is 5.92 Å². The Bertz CT molecular complexity index is 595. The number of hydrogen-bond donors (Lipinski definition) is 0. The molecule has 6 nitrogen and oxygen atoms in total. The van der Waals surface area contributed by atoms with Gasteiger partial charge in [-0.1, -0.05) is 13.8 Å². The number of methoxy groups -OCH3 is 2. The summed E-state index contributed by atoms with van der Waals surface area (Å²) < 4.78 is 17.1. The molecule has 1 saturated heterocycles. The molecule has 1 aliphatic rings. The lowest BCUT2D eigenvalue weighted by Crippen LogP contribution is -2.46. The summed E-state index contributed by atoms with van der Waals surface area (Å²) >= 11 is 0. The van der Waals surface area contributed by atoms with Crippen LogP contribution in [0, 0.1) is 17.2 Å². The van der Waals surface area contributed by atoms with Gasteiger partial charge in [-0.15, -0.1) is 0 Å². The fraction of sp³-hybridized carbons (Fsp3) is 0.667. The first-order chi connectivity index (χ1) is 13.1. The molecule has 0 unspecified atom stereocenters. The second-order valence-corrected chi connectivity index (χ2v) is 7.39. The molecule has 1 heterocycles. The average molecular weight is 376 g/mol. The number of rotatable bonds is 10. The van der Waals surface area contributed by atoms with Crippen LogP contribution in [0.1, 0.15) is 32.3 Å². The Morgan fingerprint density at radius 2 is 1.63 bits per heavy atom. The lowest BCUT2D eigenvalue weighted by atomic mass is 10.1. The van der Waals surface area contributed by atoms with E-state index in [1.165, 1.54) is 0 Å². The highest BCUT2D eigenvalue weighted by molar-refractivity contribution is 5.53. The molecular formula is C21H33N3O3. The van der Waals surface area contributed by atoms with Gasteiger partial charge in [-0.25, -0.2) is 0 Å². The molecule has 2 rings (SSSR count). The van der Waals surface area contributed by atoms with Gasteiger partial charge in [0.15, 0.2) is 11.5 Å². The minimum absolute atomic E-state index is 0.591. The number of nitriles is 1. The number of ether oxygens (including phenoxy) is 3. The van der Waals surface area contributed by atoms with Crippen molar-refractivity contribution >= 4 is 0 Å². The molecule has 6 heteroatoms. The Morgan fingerprint density at radius 1 is 1.04 bits per heavy atom. The first kappa shape index (κ1) is 21.3. The van der Waals surface area contributed by atoms with E-state index in [9.17, 15) is 0 Å². The van der Waals surface area contributed by atoms with E-state index in [0.29, 0.717) is 24.7 Å². The highest BCUT2D eigenvalue weighted by Gasteiger charge is 2.19. The monoisotopic (exact) mass is 375 g/mol. The Balaban J connectivity index is 2.00. The van der Waals surface area contributed by atoms with Gasteiger partial charge < -0.3 is 14.2 Å². The molecule has 0 radical (unpaired) electrons. The molecule has 0 aromatic heterocycles. The summed E-state index contributed by atoms with van der Waals surface area (Å²) in [6.07, 6.45) is 1.59. The quantitative estimate of drug-likeness (QED) is 0.626. The van der Waals surface area contributed by atoms with Gasteiger partial charge in [-0.05, 0) is 30.0 Å². The zero-order chi connectivity index (χ0) is 19.6. The summed E-state index contributed by atoms with van der Waals surface area (Å²) in [7, 11) is 3.34. The second-order valence-electron chi connectivity index (χ2n) is 7.39. The molecule has 0 atom stereocenters. The van der Waals surface area contributed by atoms with E-state index in [2.05, 4.69) is 41.8 Å². The van der Waals surface area contributed by atoms with Crippen LogP contribution in [0.15, 0.2) is 12.1 Å². The van der Waals surface area contributed by atoms with Crippen molar-refractivity contribution in [3.05, 3.63) is 17.7 Å². The highest BCUT2D eigenvalue weighted by atomic mass is 16.5. The van der Waals surface area contributed by atoms with Crippen LogP contribution in [0.2, 0.25) is 0 Å². The molecule has 0 spiro atoms. The normalized spacial score (nSPS) is 15.6. The van der Waals surface area contributed by atoms with E-state index >= 15 is 0 Å². The Labute approximate surface area is 163 Å². The molecule has 1 aromatic carbocycles. The van der Waals surface area contributed by atoms with Crippen LogP contribution in [0.5, 0.6) is 17.2 Å². The second kappa shape index (κ2) is 11.0. The highest BCUT2D eigenvalue weighted by Crippen LogP contribution is 2.39. The number of hydrogen-bond acceptors (Lipinski definition) is 6. The maximum Gasteiger partial charge on any atom is 0.203 e. The third kappa shape index (κ3) is 6.60. The van der Waals surface area contributed by atoms with Gasteiger partial charge in [-0.2, -0.15) is 5.26 Å². The summed E-state index contributed by atoms with van der Waals surface area (Å²) in [5.74, 6) is 2.72. The van der Waals surface area contributed by atoms with Gasteiger partial charge in [0, 0.05) is 45.7 Å². The van der Waals surface area contributed by atoms with Crippen molar-refractivity contribution in [1.82, 2.24) is 9.80 Å². The molecule has 0 N–H and O–H groups in total. The molecule has 1 aromatic rings. The summed E-state index contributed by atoms with van der Waals surface area (Å²) in [6.45, 7) is 10.7. The fourth-order valence-electron chi connectivity index (χ4n) is 3.20. The Morgan fingerprint density at radius 3 is 2.15 bits per heavy atom. The number of nitrogens with zero attached hydrogens (tertiary/aromatic N) is 3. The molecule has 0 aliphatic carbocycles. The first-order valence-corrected chi connectivity index (χ1v) is 9.76. The minimum atomic E-state index is 0.591. The maximum absolute atomic E-state index is 8.72. The summed E-state index contributed by atoms with van der Waals surface area (Å²) in [5, 5.41) is 8.72. The van der Waals surface area contributed by atoms with E-state index < -0.39 is 0 Å². The number of benzene rings is 1. The Hall–Kier alpha value is -1.97.